The summed E-state index contributed by atoms with van der Waals surface area (Å²) in [5, 5.41) is 24.3. The van der Waals surface area contributed by atoms with Crippen molar-refractivity contribution in [1.29, 1.82) is 0 Å². The van der Waals surface area contributed by atoms with Crippen LogP contribution in [0.1, 0.15) is 56.2 Å². The number of hydrogen-bond donors (Lipinski definition) is 1. The monoisotopic (exact) mass is 426 g/mol. The first-order valence-electron chi connectivity index (χ1n) is 10.9. The number of carbonyl (C=O) groups excluding carboxylic acids is 1. The van der Waals surface area contributed by atoms with Crippen molar-refractivity contribution in [3.8, 4) is 5.75 Å². The number of nitrogens with zero attached hydrogens (tertiary/aromatic N) is 2. The van der Waals surface area contributed by atoms with Crippen molar-refractivity contribution >= 4 is 6.29 Å². The summed E-state index contributed by atoms with van der Waals surface area (Å²) in [6.07, 6.45) is 6.41. The molecule has 1 aliphatic rings. The highest BCUT2D eigenvalue weighted by molar-refractivity contribution is 5.61. The van der Waals surface area contributed by atoms with Gasteiger partial charge in [0, 0.05) is 11.1 Å². The molecule has 0 aliphatic heterocycles. The molecule has 2 aromatic rings. The van der Waals surface area contributed by atoms with E-state index in [9.17, 15) is 20.0 Å². The van der Waals surface area contributed by atoms with E-state index in [4.69, 9.17) is 4.74 Å². The van der Waals surface area contributed by atoms with Crippen LogP contribution in [0.15, 0.2) is 48.7 Å². The Labute approximate surface area is 182 Å². The molecule has 0 radical (unpaired) electrons. The second-order valence-electron chi connectivity index (χ2n) is 8.23. The Morgan fingerprint density at radius 1 is 1.19 bits per heavy atom. The summed E-state index contributed by atoms with van der Waals surface area (Å²) < 4.78 is 5.20. The Balaban J connectivity index is 2.11. The van der Waals surface area contributed by atoms with Crippen molar-refractivity contribution in [1.82, 2.24) is 4.98 Å². The van der Waals surface area contributed by atoms with Crippen LogP contribution in [0.5, 0.6) is 5.75 Å². The number of unbranched alkanes of at least 4 members (excludes halogenated alkanes) is 3. The lowest BCUT2D eigenvalue weighted by Gasteiger charge is -2.32. The minimum absolute atomic E-state index is 0.315. The normalized spacial score (nSPS) is 27.7. The van der Waals surface area contributed by atoms with Crippen LogP contribution < -0.4 is 4.74 Å². The van der Waals surface area contributed by atoms with E-state index >= 15 is 0 Å². The Bertz CT molecular complexity index is 873. The van der Waals surface area contributed by atoms with Crippen molar-refractivity contribution in [2.24, 2.45) is 11.8 Å². The van der Waals surface area contributed by atoms with Crippen LogP contribution in [-0.2, 0) is 10.4 Å². The molecule has 0 saturated heterocycles. The third kappa shape index (κ3) is 4.32. The van der Waals surface area contributed by atoms with Gasteiger partial charge in [-0.25, -0.2) is 0 Å². The molecular weight excluding hydrogens is 396 g/mol. The quantitative estimate of drug-likeness (QED) is 0.265. The summed E-state index contributed by atoms with van der Waals surface area (Å²) in [6.45, 7) is 2.10. The van der Waals surface area contributed by atoms with E-state index in [0.29, 0.717) is 29.7 Å². The molecule has 0 bridgehead atoms. The van der Waals surface area contributed by atoms with Crippen LogP contribution in [0.2, 0.25) is 0 Å². The molecule has 1 heterocycles. The molecular formula is C24H30N2O5. The smallest absolute Gasteiger partial charge is 0.226 e. The minimum atomic E-state index is -1.71. The number of benzene rings is 1. The molecule has 3 rings (SSSR count). The Morgan fingerprint density at radius 3 is 2.48 bits per heavy atom. The molecule has 5 atom stereocenters. The largest absolute Gasteiger partial charge is 0.497 e. The standard InChI is InChI=1S/C24H30N2O5/c1-3-4-5-6-9-19-23(26(29)30)22(17-11-13-18(31-2)14-12-17)20(16-27)24(19,28)21-10-7-8-15-25-21/h7-8,10-16,19-20,22-23,28H,3-6,9H2,1-2H3/t19-,20+,22+,23-,24-/m0/s1. The molecule has 0 unspecified atom stereocenters. The maximum Gasteiger partial charge on any atom is 0.226 e. The van der Waals surface area contributed by atoms with E-state index in [1.54, 1.807) is 55.8 Å². The first kappa shape index (κ1) is 22.9. The number of rotatable bonds is 10. The summed E-state index contributed by atoms with van der Waals surface area (Å²) in [5.41, 5.74) is -0.752. The first-order chi connectivity index (χ1) is 15.0. The molecule has 31 heavy (non-hydrogen) atoms. The van der Waals surface area contributed by atoms with Gasteiger partial charge in [0.1, 0.15) is 17.6 Å². The van der Waals surface area contributed by atoms with Gasteiger partial charge in [0.2, 0.25) is 6.04 Å². The van der Waals surface area contributed by atoms with Gasteiger partial charge >= 0.3 is 0 Å². The number of carbonyl (C=O) groups is 1. The zero-order valence-electron chi connectivity index (χ0n) is 18.0. The molecule has 0 amide bonds. The maximum absolute atomic E-state index is 12.4. The van der Waals surface area contributed by atoms with Gasteiger partial charge in [-0.15, -0.1) is 0 Å². The van der Waals surface area contributed by atoms with Gasteiger partial charge in [-0.2, -0.15) is 0 Å². The minimum Gasteiger partial charge on any atom is -0.497 e. The van der Waals surface area contributed by atoms with Crippen LogP contribution in [0.3, 0.4) is 0 Å². The SMILES string of the molecule is CCCCCC[C@H]1[C@H]([N+](=O)[O-])[C@H](c2ccc(OC)cc2)[C@@H](C=O)[C@]1(O)c1ccccn1. The van der Waals surface area contributed by atoms with Gasteiger partial charge in [0.05, 0.1) is 30.6 Å². The Morgan fingerprint density at radius 2 is 1.94 bits per heavy atom. The molecule has 166 valence electrons. The molecule has 1 saturated carbocycles. The fraction of sp³-hybridized carbons (Fsp3) is 0.500. The lowest BCUT2D eigenvalue weighted by atomic mass is 9.77. The summed E-state index contributed by atoms with van der Waals surface area (Å²) in [6, 6.07) is 11.0. The third-order valence-corrected chi connectivity index (χ3v) is 6.58. The number of nitro groups is 1. The van der Waals surface area contributed by atoms with Crippen LogP contribution in [-0.4, -0.2) is 34.5 Å². The van der Waals surface area contributed by atoms with Crippen LogP contribution >= 0.6 is 0 Å². The van der Waals surface area contributed by atoms with E-state index in [1.807, 2.05) is 0 Å². The highest BCUT2D eigenvalue weighted by atomic mass is 16.6. The Kier molecular flexibility index (Phi) is 7.38. The molecule has 1 aromatic heterocycles. The number of aldehydes is 1. The number of pyridine rings is 1. The predicted octanol–water partition coefficient (Wildman–Crippen LogP) is 4.12. The van der Waals surface area contributed by atoms with Crippen molar-refractivity contribution in [2.75, 3.05) is 7.11 Å². The lowest BCUT2D eigenvalue weighted by Crippen LogP contribution is -2.41. The van der Waals surface area contributed by atoms with E-state index in [1.165, 1.54) is 0 Å². The van der Waals surface area contributed by atoms with Crippen molar-refractivity contribution in [3.05, 3.63) is 70.0 Å². The van der Waals surface area contributed by atoms with E-state index in [0.717, 1.165) is 25.7 Å². The zero-order valence-corrected chi connectivity index (χ0v) is 18.0. The molecule has 1 fully saturated rings. The number of ether oxygens (including phenoxy) is 1. The summed E-state index contributed by atoms with van der Waals surface area (Å²) >= 11 is 0. The third-order valence-electron chi connectivity index (χ3n) is 6.58. The molecule has 1 aliphatic carbocycles. The second-order valence-corrected chi connectivity index (χ2v) is 8.23. The van der Waals surface area contributed by atoms with Crippen molar-refractivity contribution in [3.63, 3.8) is 0 Å². The van der Waals surface area contributed by atoms with Crippen LogP contribution in [0, 0.1) is 22.0 Å². The van der Waals surface area contributed by atoms with E-state index < -0.39 is 29.4 Å². The number of hydrogen-bond acceptors (Lipinski definition) is 6. The fourth-order valence-corrected chi connectivity index (χ4v) is 5.08. The summed E-state index contributed by atoms with van der Waals surface area (Å²) in [5.74, 6) is -1.85. The predicted molar refractivity (Wildman–Crippen MR) is 116 cm³/mol. The van der Waals surface area contributed by atoms with E-state index in [2.05, 4.69) is 11.9 Å². The van der Waals surface area contributed by atoms with Crippen molar-refractivity contribution in [2.45, 2.75) is 56.6 Å². The van der Waals surface area contributed by atoms with Crippen molar-refractivity contribution < 1.29 is 19.6 Å². The van der Waals surface area contributed by atoms with Gasteiger partial charge in [-0.3, -0.25) is 15.1 Å². The average Bonchev–Trinajstić information content (AvgIpc) is 3.06. The molecule has 7 nitrogen and oxygen atoms in total. The lowest BCUT2D eigenvalue weighted by molar-refractivity contribution is -0.534. The van der Waals surface area contributed by atoms with Gasteiger partial charge in [-0.1, -0.05) is 50.8 Å². The summed E-state index contributed by atoms with van der Waals surface area (Å²) in [4.78, 5) is 28.7. The van der Waals surface area contributed by atoms with Gasteiger partial charge < -0.3 is 14.6 Å². The maximum atomic E-state index is 12.4. The molecule has 1 aromatic carbocycles. The number of methoxy groups -OCH3 is 1. The topological polar surface area (TPSA) is 103 Å². The summed E-state index contributed by atoms with van der Waals surface area (Å²) in [7, 11) is 1.55. The average molecular weight is 427 g/mol. The first-order valence-corrected chi connectivity index (χ1v) is 10.9. The van der Waals surface area contributed by atoms with Crippen LogP contribution in [0.4, 0.5) is 0 Å². The number of aromatic nitrogens is 1. The van der Waals surface area contributed by atoms with Crippen LogP contribution in [0.25, 0.3) is 0 Å². The fourth-order valence-electron chi connectivity index (χ4n) is 5.08. The van der Waals surface area contributed by atoms with Gasteiger partial charge in [0.25, 0.3) is 0 Å². The second kappa shape index (κ2) is 10.0. The molecule has 1 N–H and O–H groups in total. The highest BCUT2D eigenvalue weighted by Crippen LogP contribution is 2.56. The Hall–Kier alpha value is -2.80. The van der Waals surface area contributed by atoms with Gasteiger partial charge in [0.15, 0.2) is 0 Å². The zero-order chi connectivity index (χ0) is 22.4. The van der Waals surface area contributed by atoms with E-state index in [-0.39, 0.29) is 4.92 Å². The number of aliphatic hydroxyl groups is 1. The molecule has 7 heteroatoms. The highest BCUT2D eigenvalue weighted by Gasteiger charge is 2.66. The van der Waals surface area contributed by atoms with Gasteiger partial charge in [-0.05, 0) is 36.2 Å². The molecule has 0 spiro atoms.